The van der Waals surface area contributed by atoms with Crippen molar-refractivity contribution in [1.29, 1.82) is 0 Å². The van der Waals surface area contributed by atoms with Crippen molar-refractivity contribution in [1.82, 2.24) is 0 Å². The number of esters is 2. The molecule has 1 aliphatic heterocycles. The van der Waals surface area contributed by atoms with Crippen molar-refractivity contribution < 1.29 is 47.0 Å². The van der Waals surface area contributed by atoms with Gasteiger partial charge in [-0.1, -0.05) is 33.6 Å². The second-order valence-electron chi connectivity index (χ2n) is 6.99. The van der Waals surface area contributed by atoms with E-state index in [0.717, 1.165) is 12.8 Å². The Hall–Kier alpha value is -1.03. The topological polar surface area (TPSA) is 127 Å². The Labute approximate surface area is 178 Å². The van der Waals surface area contributed by atoms with Gasteiger partial charge in [-0.15, -0.1) is 0 Å². The number of hydrogen-bond acceptors (Lipinski definition) is 9. The first kappa shape index (κ1) is 27.0. The van der Waals surface area contributed by atoms with E-state index in [1.807, 2.05) is 13.8 Å². The normalized spacial score (nSPS) is 25.6. The summed E-state index contributed by atoms with van der Waals surface area (Å²) in [4.78, 5) is 34.1. The summed E-state index contributed by atoms with van der Waals surface area (Å²) in [7, 11) is -2.94. The van der Waals surface area contributed by atoms with Crippen molar-refractivity contribution in [2.75, 3.05) is 20.3 Å². The Bertz CT molecular complexity index is 570. The highest BCUT2D eigenvalue weighted by molar-refractivity contribution is 7.47. The number of rotatable bonds is 15. The monoisotopic (exact) mass is 454 g/mol. The number of ether oxygens (including phenoxy) is 4. The van der Waals surface area contributed by atoms with E-state index in [4.69, 9.17) is 28.0 Å². The van der Waals surface area contributed by atoms with Crippen molar-refractivity contribution in [3.05, 3.63) is 0 Å². The zero-order chi connectivity index (χ0) is 22.6. The van der Waals surface area contributed by atoms with E-state index < -0.39 is 51.0 Å². The maximum Gasteiger partial charge on any atom is 0.472 e. The zero-order valence-corrected chi connectivity index (χ0v) is 19.1. The molecule has 0 aromatic rings. The van der Waals surface area contributed by atoms with Crippen molar-refractivity contribution in [3.8, 4) is 0 Å². The first-order valence-corrected chi connectivity index (χ1v) is 12.0. The third kappa shape index (κ3) is 9.41. The lowest BCUT2D eigenvalue weighted by molar-refractivity contribution is -0.183. The molecule has 176 valence electrons. The van der Waals surface area contributed by atoms with Crippen LogP contribution in [-0.2, 0) is 42.1 Å². The van der Waals surface area contributed by atoms with Crippen LogP contribution in [0.3, 0.4) is 0 Å². The molecule has 0 saturated carbocycles. The molecule has 0 aromatic heterocycles. The van der Waals surface area contributed by atoms with Crippen LogP contribution in [0.25, 0.3) is 0 Å². The molecule has 1 heterocycles. The molecule has 1 saturated heterocycles. The minimum absolute atomic E-state index is 0.0487. The van der Waals surface area contributed by atoms with Gasteiger partial charge in [0.15, 0.2) is 18.5 Å². The summed E-state index contributed by atoms with van der Waals surface area (Å²) in [5.74, 6) is -0.959. The number of carbonyl (C=O) groups excluding carboxylic acids is 2. The Morgan fingerprint density at radius 3 is 2.00 bits per heavy atom. The van der Waals surface area contributed by atoms with Crippen LogP contribution in [0.1, 0.15) is 65.7 Å². The van der Waals surface area contributed by atoms with Gasteiger partial charge in [0.1, 0.15) is 6.10 Å². The summed E-state index contributed by atoms with van der Waals surface area (Å²) < 4.78 is 43.6. The fourth-order valence-electron chi connectivity index (χ4n) is 2.76. The molecule has 3 unspecified atom stereocenters. The summed E-state index contributed by atoms with van der Waals surface area (Å²) in [6.45, 7) is 5.31. The molecule has 1 rings (SSSR count). The lowest BCUT2D eigenvalue weighted by Gasteiger charge is -2.24. The first-order chi connectivity index (χ1) is 14.3. The molecule has 1 N–H and O–H groups in total. The second-order valence-corrected chi connectivity index (χ2v) is 8.45. The molecular formula is C19H35O10P. The molecule has 11 heteroatoms. The van der Waals surface area contributed by atoms with E-state index in [-0.39, 0.29) is 19.4 Å². The van der Waals surface area contributed by atoms with Gasteiger partial charge in [0.25, 0.3) is 0 Å². The molecule has 0 aromatic carbocycles. The maximum absolute atomic E-state index is 12.2. The summed E-state index contributed by atoms with van der Waals surface area (Å²) in [6.07, 6.45) is -0.209. The van der Waals surface area contributed by atoms with Gasteiger partial charge in [0.05, 0.1) is 13.2 Å². The molecule has 1 aliphatic rings. The lowest BCUT2D eigenvalue weighted by atomic mass is 10.1. The average molecular weight is 454 g/mol. The fraction of sp³-hybridized carbons (Fsp3) is 0.895. The van der Waals surface area contributed by atoms with Crippen molar-refractivity contribution >= 4 is 19.8 Å². The minimum Gasteiger partial charge on any atom is -0.455 e. The van der Waals surface area contributed by atoms with E-state index in [1.165, 1.54) is 7.11 Å². The Balaban J connectivity index is 2.90. The Morgan fingerprint density at radius 2 is 1.50 bits per heavy atom. The number of methoxy groups -OCH3 is 1. The molecule has 0 bridgehead atoms. The highest BCUT2D eigenvalue weighted by atomic mass is 31.2. The highest BCUT2D eigenvalue weighted by Crippen LogP contribution is 2.44. The summed E-state index contributed by atoms with van der Waals surface area (Å²) in [5.41, 5.74) is 0. The van der Waals surface area contributed by atoms with Gasteiger partial charge in [-0.25, -0.2) is 4.57 Å². The summed E-state index contributed by atoms with van der Waals surface area (Å²) >= 11 is 0. The van der Waals surface area contributed by atoms with E-state index in [2.05, 4.69) is 0 Å². The van der Waals surface area contributed by atoms with Crippen molar-refractivity contribution in [3.63, 3.8) is 0 Å². The van der Waals surface area contributed by atoms with Crippen LogP contribution in [0, 0.1) is 0 Å². The predicted octanol–water partition coefficient (Wildman–Crippen LogP) is 3.11. The number of carbonyl (C=O) groups is 2. The van der Waals surface area contributed by atoms with Gasteiger partial charge < -0.3 is 23.8 Å². The van der Waals surface area contributed by atoms with Gasteiger partial charge in [0, 0.05) is 20.0 Å². The van der Waals surface area contributed by atoms with Gasteiger partial charge in [-0.2, -0.15) is 0 Å². The van der Waals surface area contributed by atoms with Crippen LogP contribution in [0.4, 0.5) is 0 Å². The fourth-order valence-corrected chi connectivity index (χ4v) is 3.58. The number of unbranched alkanes of at least 4 members (excludes halogenated alkanes) is 2. The lowest BCUT2D eigenvalue weighted by Crippen LogP contribution is -2.42. The molecule has 0 aliphatic carbocycles. The molecule has 0 radical (unpaired) electrons. The molecule has 30 heavy (non-hydrogen) atoms. The third-order valence-electron chi connectivity index (χ3n) is 4.36. The van der Waals surface area contributed by atoms with Crippen LogP contribution >= 0.6 is 7.82 Å². The van der Waals surface area contributed by atoms with E-state index in [0.29, 0.717) is 19.3 Å². The van der Waals surface area contributed by atoms with Crippen molar-refractivity contribution in [2.45, 2.75) is 90.3 Å². The molecule has 10 nitrogen and oxygen atoms in total. The smallest absolute Gasteiger partial charge is 0.455 e. The quantitative estimate of drug-likeness (QED) is 0.291. The summed E-state index contributed by atoms with van der Waals surface area (Å²) in [6, 6.07) is 0. The van der Waals surface area contributed by atoms with Crippen LogP contribution in [0.5, 0.6) is 0 Å². The van der Waals surface area contributed by atoms with Gasteiger partial charge in [-0.3, -0.25) is 18.6 Å². The Morgan fingerprint density at radius 1 is 0.933 bits per heavy atom. The predicted molar refractivity (Wildman–Crippen MR) is 107 cm³/mol. The number of phosphoric acid groups is 1. The zero-order valence-electron chi connectivity index (χ0n) is 18.2. The molecule has 0 amide bonds. The standard InChI is InChI=1S/C19H35O10P/c1-5-8-10-15(20)28-17-14(13-26-30(22,23)25-12-7-3)27-19(24-4)18(17)29-16(21)11-9-6-2/h14,17-19H,5-13H2,1-4H3,(H,22,23)/t14?,17-,18-,19?/m1/s1. The molecular weight excluding hydrogens is 419 g/mol. The highest BCUT2D eigenvalue weighted by Gasteiger charge is 2.50. The molecule has 1 fully saturated rings. The first-order valence-electron chi connectivity index (χ1n) is 10.5. The van der Waals surface area contributed by atoms with E-state index in [1.54, 1.807) is 6.92 Å². The average Bonchev–Trinajstić information content (AvgIpc) is 3.04. The van der Waals surface area contributed by atoms with Crippen LogP contribution in [0.2, 0.25) is 0 Å². The number of phosphoric ester groups is 1. The maximum atomic E-state index is 12.2. The van der Waals surface area contributed by atoms with E-state index >= 15 is 0 Å². The van der Waals surface area contributed by atoms with E-state index in [9.17, 15) is 19.0 Å². The minimum atomic E-state index is -4.30. The van der Waals surface area contributed by atoms with Crippen LogP contribution in [-0.4, -0.2) is 61.8 Å². The summed E-state index contributed by atoms with van der Waals surface area (Å²) in [5, 5.41) is 0. The second kappa shape index (κ2) is 14.1. The van der Waals surface area contributed by atoms with Gasteiger partial charge in [0.2, 0.25) is 0 Å². The van der Waals surface area contributed by atoms with Crippen LogP contribution in [0.15, 0.2) is 0 Å². The van der Waals surface area contributed by atoms with Crippen LogP contribution < -0.4 is 0 Å². The van der Waals surface area contributed by atoms with Crippen molar-refractivity contribution in [2.24, 2.45) is 0 Å². The largest absolute Gasteiger partial charge is 0.472 e. The van der Waals surface area contributed by atoms with Gasteiger partial charge in [-0.05, 0) is 19.3 Å². The Kier molecular flexibility index (Phi) is 12.7. The van der Waals surface area contributed by atoms with Gasteiger partial charge >= 0.3 is 19.8 Å². The number of hydrogen-bond donors (Lipinski definition) is 1. The third-order valence-corrected chi connectivity index (χ3v) is 5.35. The molecule has 0 spiro atoms. The molecule has 5 atom stereocenters. The SMILES string of the molecule is CCCCC(=O)O[C@@H]1C(COP(=O)(O)OCCC)OC(OC)[C@@H]1OC(=O)CCCC.